The Morgan fingerprint density at radius 3 is 2.18 bits per heavy atom. The molecule has 0 radical (unpaired) electrons. The molecule has 0 aliphatic heterocycles. The SMILES string of the molecule is C=C(O)CC(C)(C)CC(=O)O[C@H]1CC[C@]2(C)[C@H]3CC[C@@H]4[C@H]5[C@H](C(=C)C)CC[C@]5(CCN(C)C)CC[C@@]4(C)[C@]3(C)CC[C@H]2C1(C)C. The number of aliphatic hydroxyl groups excluding tert-OH is 1. The summed E-state index contributed by atoms with van der Waals surface area (Å²) in [4.78, 5) is 15.7. The summed E-state index contributed by atoms with van der Waals surface area (Å²) in [5.41, 5.74) is 2.49. The molecular weight excluding hydrogens is 554 g/mol. The maximum Gasteiger partial charge on any atom is 0.306 e. The fourth-order valence-corrected chi connectivity index (χ4v) is 13.6. The highest BCUT2D eigenvalue weighted by molar-refractivity contribution is 5.70. The minimum Gasteiger partial charge on any atom is -0.513 e. The van der Waals surface area contributed by atoms with Crippen molar-refractivity contribution in [3.05, 3.63) is 24.5 Å². The Hall–Kier alpha value is -1.29. The van der Waals surface area contributed by atoms with E-state index in [1.807, 2.05) is 13.8 Å². The van der Waals surface area contributed by atoms with Crippen LogP contribution < -0.4 is 0 Å². The molecule has 0 aromatic carbocycles. The lowest BCUT2D eigenvalue weighted by molar-refractivity contribution is -0.250. The molecule has 0 aromatic rings. The van der Waals surface area contributed by atoms with Gasteiger partial charge in [-0.1, -0.05) is 67.2 Å². The van der Waals surface area contributed by atoms with Gasteiger partial charge < -0.3 is 14.7 Å². The first-order chi connectivity index (χ1) is 20.7. The lowest BCUT2D eigenvalue weighted by Crippen LogP contribution is -2.66. The number of nitrogens with zero attached hydrogens (tertiary/aromatic N) is 1. The number of aliphatic hydroxyl groups is 1. The second kappa shape index (κ2) is 11.7. The van der Waals surface area contributed by atoms with Gasteiger partial charge in [0.1, 0.15) is 6.10 Å². The average molecular weight is 624 g/mol. The van der Waals surface area contributed by atoms with E-state index < -0.39 is 0 Å². The van der Waals surface area contributed by atoms with Gasteiger partial charge in [-0.25, -0.2) is 0 Å². The van der Waals surface area contributed by atoms with Crippen molar-refractivity contribution in [3.63, 3.8) is 0 Å². The Balaban J connectivity index is 1.39. The maximum atomic E-state index is 13.2. The Morgan fingerprint density at radius 2 is 1.56 bits per heavy atom. The van der Waals surface area contributed by atoms with Gasteiger partial charge in [0.25, 0.3) is 0 Å². The molecule has 45 heavy (non-hydrogen) atoms. The summed E-state index contributed by atoms with van der Waals surface area (Å²) in [6, 6.07) is 0. The van der Waals surface area contributed by atoms with Crippen LogP contribution in [0.4, 0.5) is 0 Å². The largest absolute Gasteiger partial charge is 0.513 e. The van der Waals surface area contributed by atoms with E-state index in [1.54, 1.807) is 0 Å². The average Bonchev–Trinajstić information content (AvgIpc) is 3.29. The van der Waals surface area contributed by atoms with Gasteiger partial charge in [0, 0.05) is 11.8 Å². The fraction of sp³-hybridized carbons (Fsp3) is 0.878. The minimum atomic E-state index is -0.358. The first-order valence-corrected chi connectivity index (χ1v) is 18.6. The number of rotatable bonds is 9. The summed E-state index contributed by atoms with van der Waals surface area (Å²) >= 11 is 0. The first kappa shape index (κ1) is 35.0. The van der Waals surface area contributed by atoms with Crippen LogP contribution in [0.2, 0.25) is 0 Å². The summed E-state index contributed by atoms with van der Waals surface area (Å²) in [5, 5.41) is 9.76. The molecule has 0 heterocycles. The van der Waals surface area contributed by atoms with Gasteiger partial charge in [-0.05, 0) is 155 Å². The van der Waals surface area contributed by atoms with Crippen LogP contribution in [-0.4, -0.2) is 42.7 Å². The predicted molar refractivity (Wildman–Crippen MR) is 187 cm³/mol. The summed E-state index contributed by atoms with van der Waals surface area (Å²) in [5.74, 6) is 3.55. The first-order valence-electron chi connectivity index (χ1n) is 18.6. The molecule has 0 unspecified atom stereocenters. The Kier molecular flexibility index (Phi) is 9.10. The Labute approximate surface area is 277 Å². The van der Waals surface area contributed by atoms with E-state index in [9.17, 15) is 9.90 Å². The summed E-state index contributed by atoms with van der Waals surface area (Å²) in [6.45, 7) is 28.7. The topological polar surface area (TPSA) is 49.8 Å². The molecule has 5 fully saturated rings. The Bertz CT molecular complexity index is 1170. The predicted octanol–water partition coefficient (Wildman–Crippen LogP) is 10.4. The molecule has 0 aromatic heterocycles. The van der Waals surface area contributed by atoms with E-state index in [0.29, 0.717) is 40.9 Å². The highest BCUT2D eigenvalue weighted by Crippen LogP contribution is 2.78. The highest BCUT2D eigenvalue weighted by atomic mass is 16.5. The molecule has 4 nitrogen and oxygen atoms in total. The number of carbonyl (C=O) groups excluding carboxylic acids is 1. The van der Waals surface area contributed by atoms with Gasteiger partial charge in [0.2, 0.25) is 0 Å². The van der Waals surface area contributed by atoms with E-state index in [0.717, 1.165) is 30.6 Å². The van der Waals surface area contributed by atoms with Gasteiger partial charge in [-0.3, -0.25) is 4.79 Å². The third-order valence-corrected chi connectivity index (χ3v) is 15.8. The van der Waals surface area contributed by atoms with Crippen molar-refractivity contribution in [1.29, 1.82) is 0 Å². The van der Waals surface area contributed by atoms with Crippen LogP contribution in [0, 0.1) is 62.1 Å². The van der Waals surface area contributed by atoms with Gasteiger partial charge >= 0.3 is 5.97 Å². The quantitative estimate of drug-likeness (QED) is 0.158. The van der Waals surface area contributed by atoms with E-state index >= 15 is 0 Å². The van der Waals surface area contributed by atoms with Crippen molar-refractivity contribution in [2.75, 3.05) is 20.6 Å². The third kappa shape index (κ3) is 5.67. The molecule has 0 amide bonds. The van der Waals surface area contributed by atoms with E-state index in [4.69, 9.17) is 4.74 Å². The van der Waals surface area contributed by atoms with Crippen LogP contribution in [0.15, 0.2) is 24.5 Å². The molecule has 0 saturated heterocycles. The minimum absolute atomic E-state index is 0.0470. The zero-order chi connectivity index (χ0) is 33.4. The second-order valence-corrected chi connectivity index (χ2v) is 19.5. The van der Waals surface area contributed by atoms with Crippen LogP contribution in [0.1, 0.15) is 139 Å². The zero-order valence-electron chi connectivity index (χ0n) is 31.0. The van der Waals surface area contributed by atoms with Gasteiger partial charge in [-0.15, -0.1) is 0 Å². The van der Waals surface area contributed by atoms with Gasteiger partial charge in [0.05, 0.1) is 12.2 Å². The Morgan fingerprint density at radius 1 is 0.867 bits per heavy atom. The van der Waals surface area contributed by atoms with Crippen LogP contribution in [-0.2, 0) is 9.53 Å². The number of hydrogen-bond acceptors (Lipinski definition) is 4. The van der Waals surface area contributed by atoms with Crippen molar-refractivity contribution in [2.45, 2.75) is 145 Å². The number of fused-ring (bicyclic) bond motifs is 7. The lowest BCUT2D eigenvalue weighted by atomic mass is 9.32. The number of ether oxygens (including phenoxy) is 1. The third-order valence-electron chi connectivity index (χ3n) is 15.8. The molecule has 5 saturated carbocycles. The molecular formula is C41H69NO3. The number of allylic oxidation sites excluding steroid dienone is 2. The molecule has 4 heteroatoms. The second-order valence-electron chi connectivity index (χ2n) is 19.5. The van der Waals surface area contributed by atoms with Crippen molar-refractivity contribution in [3.8, 4) is 0 Å². The highest BCUT2D eigenvalue weighted by Gasteiger charge is 2.71. The van der Waals surface area contributed by atoms with E-state index in [2.05, 4.69) is 73.7 Å². The number of carbonyl (C=O) groups is 1. The molecule has 5 aliphatic carbocycles. The van der Waals surface area contributed by atoms with Crippen LogP contribution >= 0.6 is 0 Å². The normalized spacial score (nSPS) is 43.9. The van der Waals surface area contributed by atoms with Crippen molar-refractivity contribution in [1.82, 2.24) is 4.90 Å². The van der Waals surface area contributed by atoms with E-state index in [1.165, 1.54) is 69.9 Å². The van der Waals surface area contributed by atoms with Crippen molar-refractivity contribution < 1.29 is 14.6 Å². The van der Waals surface area contributed by atoms with Crippen LogP contribution in [0.3, 0.4) is 0 Å². The van der Waals surface area contributed by atoms with Gasteiger partial charge in [-0.2, -0.15) is 0 Å². The summed E-state index contributed by atoms with van der Waals surface area (Å²) < 4.78 is 6.36. The number of hydrogen-bond donors (Lipinski definition) is 1. The summed E-state index contributed by atoms with van der Waals surface area (Å²) in [7, 11) is 4.50. The number of esters is 1. The zero-order valence-corrected chi connectivity index (χ0v) is 31.0. The van der Waals surface area contributed by atoms with E-state index in [-0.39, 0.29) is 34.1 Å². The molecule has 0 bridgehead atoms. The molecule has 10 atom stereocenters. The molecule has 1 N–H and O–H groups in total. The molecule has 5 aliphatic rings. The van der Waals surface area contributed by atoms with Crippen LogP contribution in [0.5, 0.6) is 0 Å². The van der Waals surface area contributed by atoms with Crippen LogP contribution in [0.25, 0.3) is 0 Å². The van der Waals surface area contributed by atoms with Crippen molar-refractivity contribution in [2.24, 2.45) is 62.1 Å². The smallest absolute Gasteiger partial charge is 0.306 e. The lowest BCUT2D eigenvalue weighted by Gasteiger charge is -2.73. The molecule has 0 spiro atoms. The summed E-state index contributed by atoms with van der Waals surface area (Å²) in [6.07, 6.45) is 14.9. The monoisotopic (exact) mass is 624 g/mol. The molecule has 5 rings (SSSR count). The maximum absolute atomic E-state index is 13.2. The standard InChI is InChI=1S/C41H69NO3/c1-27(2)29-15-20-41(23-24-42(11)12)22-21-39(9)30(35(29)41)13-14-32-38(8)18-17-33(37(6,7)31(38)16-19-40(32,39)10)45-34(44)26-36(4,5)25-28(3)43/h29-33,35,43H,1,3,13-26H2,2,4-12H3/t29-,30+,31-,32+,33-,35+,38-,39+,40+,41+/m0/s1. The fourth-order valence-electron chi connectivity index (χ4n) is 13.6. The van der Waals surface area contributed by atoms with Gasteiger partial charge in [0.15, 0.2) is 0 Å². The molecule has 256 valence electrons. The van der Waals surface area contributed by atoms with Crippen molar-refractivity contribution >= 4 is 5.97 Å².